The number of hydrogen-bond acceptors (Lipinski definition) is 2. The number of rotatable bonds is 10. The quantitative estimate of drug-likeness (QED) is 0.516. The second-order valence-corrected chi connectivity index (χ2v) is 7.83. The lowest BCUT2D eigenvalue weighted by Crippen LogP contribution is -2.49. The van der Waals surface area contributed by atoms with E-state index in [2.05, 4.69) is 46.4 Å². The maximum Gasteiger partial charge on any atom is 0.0651 e. The zero-order valence-electron chi connectivity index (χ0n) is 16.2. The van der Waals surface area contributed by atoms with Crippen molar-refractivity contribution < 1.29 is 4.74 Å². The summed E-state index contributed by atoms with van der Waals surface area (Å²) in [5, 5.41) is 0. The first-order valence-electron chi connectivity index (χ1n) is 9.82. The molecule has 1 rings (SSSR count). The zero-order chi connectivity index (χ0) is 16.6. The summed E-state index contributed by atoms with van der Waals surface area (Å²) in [7, 11) is 0. The lowest BCUT2D eigenvalue weighted by Gasteiger charge is -2.44. The summed E-state index contributed by atoms with van der Waals surface area (Å²) < 4.78 is 6.24. The van der Waals surface area contributed by atoms with Crippen LogP contribution in [-0.4, -0.2) is 35.7 Å². The van der Waals surface area contributed by atoms with Gasteiger partial charge in [0.15, 0.2) is 0 Å². The normalized spacial score (nSPS) is 21.0. The van der Waals surface area contributed by atoms with Gasteiger partial charge >= 0.3 is 0 Å². The molecule has 1 heterocycles. The van der Waals surface area contributed by atoms with Crippen LogP contribution in [-0.2, 0) is 4.74 Å². The van der Waals surface area contributed by atoms with E-state index in [1.165, 1.54) is 58.0 Å². The van der Waals surface area contributed by atoms with Crippen molar-refractivity contribution >= 4 is 0 Å². The molecule has 1 unspecified atom stereocenters. The first-order valence-corrected chi connectivity index (χ1v) is 9.82. The van der Waals surface area contributed by atoms with Crippen LogP contribution in [0.2, 0.25) is 0 Å². The van der Waals surface area contributed by atoms with Gasteiger partial charge in [-0.15, -0.1) is 0 Å². The van der Waals surface area contributed by atoms with E-state index < -0.39 is 0 Å². The fourth-order valence-corrected chi connectivity index (χ4v) is 3.81. The molecule has 1 fully saturated rings. The van der Waals surface area contributed by atoms with Gasteiger partial charge in [0.1, 0.15) is 0 Å². The first kappa shape index (κ1) is 20.0. The van der Waals surface area contributed by atoms with Crippen LogP contribution in [0.3, 0.4) is 0 Å². The maximum absolute atomic E-state index is 6.24. The molecule has 1 aliphatic rings. The van der Waals surface area contributed by atoms with Crippen LogP contribution in [0, 0.1) is 5.92 Å². The Bertz CT molecular complexity index is 292. The highest BCUT2D eigenvalue weighted by Gasteiger charge is 2.31. The van der Waals surface area contributed by atoms with Gasteiger partial charge in [0.25, 0.3) is 0 Å². The van der Waals surface area contributed by atoms with E-state index >= 15 is 0 Å². The zero-order valence-corrected chi connectivity index (χ0v) is 16.2. The van der Waals surface area contributed by atoms with Crippen LogP contribution in [0.5, 0.6) is 0 Å². The Kier molecular flexibility index (Phi) is 8.42. The van der Waals surface area contributed by atoms with E-state index in [9.17, 15) is 0 Å². The smallest absolute Gasteiger partial charge is 0.0651 e. The second-order valence-electron chi connectivity index (χ2n) is 7.83. The minimum Gasteiger partial charge on any atom is -0.375 e. The van der Waals surface area contributed by atoms with Gasteiger partial charge in [-0.3, -0.25) is 4.90 Å². The number of piperidine rings is 1. The van der Waals surface area contributed by atoms with Crippen molar-refractivity contribution in [3.8, 4) is 0 Å². The summed E-state index contributed by atoms with van der Waals surface area (Å²) in [6, 6.07) is 0. The van der Waals surface area contributed by atoms with Gasteiger partial charge in [0.05, 0.1) is 5.60 Å². The van der Waals surface area contributed by atoms with Gasteiger partial charge in [-0.1, -0.05) is 34.1 Å². The predicted octanol–water partition coefficient (Wildman–Crippen LogP) is 5.65. The third kappa shape index (κ3) is 5.53. The lowest BCUT2D eigenvalue weighted by atomic mass is 9.87. The second kappa shape index (κ2) is 9.27. The predicted molar refractivity (Wildman–Crippen MR) is 97.5 cm³/mol. The van der Waals surface area contributed by atoms with E-state index in [1.807, 2.05) is 0 Å². The largest absolute Gasteiger partial charge is 0.375 e. The van der Waals surface area contributed by atoms with Crippen LogP contribution >= 0.6 is 0 Å². The van der Waals surface area contributed by atoms with Crippen molar-refractivity contribution in [3.05, 3.63) is 0 Å². The molecule has 0 aromatic heterocycles. The molecule has 0 aliphatic carbocycles. The molecular formula is C20H41NO. The van der Waals surface area contributed by atoms with Crippen LogP contribution in [0.15, 0.2) is 0 Å². The Balaban J connectivity index is 2.31. The van der Waals surface area contributed by atoms with Crippen LogP contribution in [0.4, 0.5) is 0 Å². The van der Waals surface area contributed by atoms with E-state index in [1.54, 1.807) is 0 Å². The van der Waals surface area contributed by atoms with E-state index in [0.29, 0.717) is 5.54 Å². The molecule has 2 heteroatoms. The Morgan fingerprint density at radius 1 is 0.955 bits per heavy atom. The van der Waals surface area contributed by atoms with Crippen LogP contribution in [0.25, 0.3) is 0 Å². The van der Waals surface area contributed by atoms with Crippen molar-refractivity contribution in [3.63, 3.8) is 0 Å². The van der Waals surface area contributed by atoms with Crippen molar-refractivity contribution in [1.82, 2.24) is 4.90 Å². The SMILES string of the molecule is CCCC(C)(CC)OCCC1CCN(C(C)(CC)CC)CC1. The van der Waals surface area contributed by atoms with Gasteiger partial charge in [0.2, 0.25) is 0 Å². The van der Waals surface area contributed by atoms with E-state index in [0.717, 1.165) is 18.9 Å². The fourth-order valence-electron chi connectivity index (χ4n) is 3.81. The fraction of sp³-hybridized carbons (Fsp3) is 1.00. The molecule has 0 N–H and O–H groups in total. The summed E-state index contributed by atoms with van der Waals surface area (Å²) in [6.45, 7) is 17.4. The first-order chi connectivity index (χ1) is 10.4. The Morgan fingerprint density at radius 2 is 1.55 bits per heavy atom. The molecule has 1 aliphatic heterocycles. The summed E-state index contributed by atoms with van der Waals surface area (Å²) in [5.74, 6) is 0.872. The minimum absolute atomic E-state index is 0.110. The standard InChI is InChI=1S/C20H41NO/c1-7-14-20(6,10-4)22-17-13-18-11-15-21(16-12-18)19(5,8-2)9-3/h18H,7-17H2,1-6H3. The minimum atomic E-state index is 0.110. The molecule has 0 amide bonds. The third-order valence-corrected chi connectivity index (χ3v) is 6.40. The number of ether oxygens (including phenoxy) is 1. The average Bonchev–Trinajstić information content (AvgIpc) is 2.55. The van der Waals surface area contributed by atoms with Gasteiger partial charge in [-0.05, 0) is 77.8 Å². The number of nitrogens with zero attached hydrogens (tertiary/aromatic N) is 1. The highest BCUT2D eigenvalue weighted by Crippen LogP contribution is 2.30. The molecule has 1 atom stereocenters. The number of likely N-dealkylation sites (tertiary alicyclic amines) is 1. The average molecular weight is 312 g/mol. The van der Waals surface area contributed by atoms with Gasteiger partial charge in [0, 0.05) is 12.1 Å². The maximum atomic E-state index is 6.24. The molecule has 0 aromatic carbocycles. The molecule has 22 heavy (non-hydrogen) atoms. The van der Waals surface area contributed by atoms with Gasteiger partial charge < -0.3 is 4.74 Å². The molecule has 0 saturated carbocycles. The van der Waals surface area contributed by atoms with E-state index in [-0.39, 0.29) is 5.60 Å². The monoisotopic (exact) mass is 311 g/mol. The van der Waals surface area contributed by atoms with E-state index in [4.69, 9.17) is 4.74 Å². The summed E-state index contributed by atoms with van der Waals surface area (Å²) in [6.07, 6.45) is 10.0. The third-order valence-electron chi connectivity index (χ3n) is 6.40. The molecule has 0 spiro atoms. The van der Waals surface area contributed by atoms with Crippen LogP contribution < -0.4 is 0 Å². The van der Waals surface area contributed by atoms with Crippen LogP contribution in [0.1, 0.15) is 92.9 Å². The number of hydrogen-bond donors (Lipinski definition) is 0. The molecule has 132 valence electrons. The highest BCUT2D eigenvalue weighted by molar-refractivity contribution is 4.87. The molecule has 1 saturated heterocycles. The summed E-state index contributed by atoms with van der Waals surface area (Å²) >= 11 is 0. The highest BCUT2D eigenvalue weighted by atomic mass is 16.5. The lowest BCUT2D eigenvalue weighted by molar-refractivity contribution is -0.0495. The van der Waals surface area contributed by atoms with Crippen molar-refractivity contribution in [2.75, 3.05) is 19.7 Å². The van der Waals surface area contributed by atoms with Gasteiger partial charge in [-0.25, -0.2) is 0 Å². The van der Waals surface area contributed by atoms with Gasteiger partial charge in [-0.2, -0.15) is 0 Å². The molecule has 0 bridgehead atoms. The summed E-state index contributed by atoms with van der Waals surface area (Å²) in [4.78, 5) is 2.73. The van der Waals surface area contributed by atoms with Crippen molar-refractivity contribution in [2.45, 2.75) is 104 Å². The molecule has 2 nitrogen and oxygen atoms in total. The molecule has 0 radical (unpaired) electrons. The van der Waals surface area contributed by atoms with Crippen molar-refractivity contribution in [1.29, 1.82) is 0 Å². The van der Waals surface area contributed by atoms with Crippen molar-refractivity contribution in [2.24, 2.45) is 5.92 Å². The summed E-state index contributed by atoms with van der Waals surface area (Å²) in [5.41, 5.74) is 0.530. The Morgan fingerprint density at radius 3 is 2.00 bits per heavy atom. The molecule has 0 aromatic rings. The Hall–Kier alpha value is -0.0800. The Labute approximate surface area is 140 Å². The topological polar surface area (TPSA) is 12.5 Å². The molecular weight excluding hydrogens is 270 g/mol.